The van der Waals surface area contributed by atoms with Crippen LogP contribution >= 0.6 is 0 Å². The molecule has 0 saturated heterocycles. The number of hydrogen-bond donors (Lipinski definition) is 0. The van der Waals surface area contributed by atoms with E-state index in [9.17, 15) is 22.0 Å². The molecule has 0 aliphatic carbocycles. The summed E-state index contributed by atoms with van der Waals surface area (Å²) < 4.78 is 67.1. The first-order valence-electron chi connectivity index (χ1n) is 9.23. The molecule has 0 aromatic heterocycles. The Hall–Kier alpha value is -0.0255. The van der Waals surface area contributed by atoms with Crippen molar-refractivity contribution in [2.45, 2.75) is 52.4 Å². The molecule has 0 fully saturated rings. The Kier molecular flexibility index (Phi) is 13.2. The van der Waals surface area contributed by atoms with Crippen molar-refractivity contribution in [3.05, 3.63) is 66.4 Å². The van der Waals surface area contributed by atoms with Crippen molar-refractivity contribution in [3.63, 3.8) is 0 Å². The van der Waals surface area contributed by atoms with Crippen LogP contribution in [0.15, 0.2) is 24.3 Å². The van der Waals surface area contributed by atoms with Gasteiger partial charge in [-0.25, -0.2) is 34.1 Å². The molecule has 0 N–H and O–H groups in total. The number of hydrogen-bond acceptors (Lipinski definition) is 0. The number of benzene rings is 1. The van der Waals surface area contributed by atoms with Crippen LogP contribution in [0.4, 0.5) is 22.0 Å². The second kappa shape index (κ2) is 12.3. The Morgan fingerprint density at radius 2 is 0.833 bits per heavy atom. The van der Waals surface area contributed by atoms with Crippen molar-refractivity contribution in [1.82, 2.24) is 0 Å². The monoisotopic (exact) mass is 552 g/mol. The van der Waals surface area contributed by atoms with Crippen LogP contribution in [0.1, 0.15) is 0 Å². The molecule has 9 heteroatoms. The smallest absolute Gasteiger partial charge is 0.342 e. The molecule has 0 unspecified atom stereocenters. The van der Waals surface area contributed by atoms with Gasteiger partial charge in [0, 0.05) is 5.19 Å². The first kappa shape index (κ1) is 32.2. The average molecular weight is 553 g/mol. The third kappa shape index (κ3) is 11.0. The van der Waals surface area contributed by atoms with Gasteiger partial charge >= 0.3 is 32.7 Å². The van der Waals surface area contributed by atoms with Crippen LogP contribution in [0, 0.1) is 42.2 Å². The minimum atomic E-state index is -2.97. The van der Waals surface area contributed by atoms with Gasteiger partial charge in [0.2, 0.25) is 5.82 Å². The van der Waals surface area contributed by atoms with Gasteiger partial charge in [-0.1, -0.05) is 52.4 Å². The Bertz CT molecular complexity index is 739. The van der Waals surface area contributed by atoms with Gasteiger partial charge in [-0.3, -0.25) is 0 Å². The predicted octanol–water partition coefficient (Wildman–Crippen LogP) is 6.32. The largest absolute Gasteiger partial charge is 3.00 e. The molecule has 2 aromatic carbocycles. The fraction of sp³-hybridized carbons (Fsp3) is 0.381. The van der Waals surface area contributed by atoms with Crippen LogP contribution < -0.4 is 10.4 Å². The van der Waals surface area contributed by atoms with Crippen molar-refractivity contribution in [2.75, 3.05) is 0 Å². The summed E-state index contributed by atoms with van der Waals surface area (Å²) in [6, 6.07) is 6.58. The summed E-state index contributed by atoms with van der Waals surface area (Å²) in [6.45, 7) is 24.2. The minimum Gasteiger partial charge on any atom is -0.342 e. The Morgan fingerprint density at radius 1 is 0.600 bits per heavy atom. The average Bonchev–Trinajstić information content (AvgIpc) is 3.03. The molecule has 0 nitrogen and oxygen atoms in total. The van der Waals surface area contributed by atoms with E-state index in [4.69, 9.17) is 0 Å². The first-order valence-corrected chi connectivity index (χ1v) is 19.6. The molecule has 0 saturated carbocycles. The second-order valence-corrected chi connectivity index (χ2v) is 24.4. The molecule has 0 heterocycles. The molecule has 0 atom stereocenters. The quantitative estimate of drug-likeness (QED) is 0.135. The van der Waals surface area contributed by atoms with E-state index in [1.165, 1.54) is 0 Å². The maximum Gasteiger partial charge on any atom is 3.00 e. The maximum absolute atomic E-state index is 13.8. The molecule has 0 amide bonds. The Balaban J connectivity index is 0. The molecule has 0 aliphatic rings. The van der Waals surface area contributed by atoms with Crippen LogP contribution in [-0.4, -0.2) is 24.2 Å². The molecule has 0 bridgehead atoms. The van der Waals surface area contributed by atoms with E-state index in [2.05, 4.69) is 52.4 Å². The van der Waals surface area contributed by atoms with Gasteiger partial charge in [-0.15, -0.1) is 16.1 Å². The molecule has 2 aromatic rings. The predicted molar refractivity (Wildman–Crippen MR) is 122 cm³/mol. The summed E-state index contributed by atoms with van der Waals surface area (Å²) in [7, 11) is -4.70. The minimum absolute atomic E-state index is 0. The van der Waals surface area contributed by atoms with E-state index in [1.54, 1.807) is 37.4 Å². The van der Waals surface area contributed by atoms with Gasteiger partial charge in [0.15, 0.2) is 23.3 Å². The summed E-state index contributed by atoms with van der Waals surface area (Å²) in [5.74, 6) is -9.35. The van der Waals surface area contributed by atoms with Gasteiger partial charge in [0.05, 0.1) is 8.07 Å². The van der Waals surface area contributed by atoms with Crippen LogP contribution in [0.25, 0.3) is 0 Å². The third-order valence-electron chi connectivity index (χ3n) is 3.22. The van der Waals surface area contributed by atoms with Crippen LogP contribution in [0.5, 0.6) is 0 Å². The second-order valence-electron chi connectivity index (χ2n) is 9.86. The molecule has 30 heavy (non-hydrogen) atoms. The van der Waals surface area contributed by atoms with E-state index in [-0.39, 0.29) is 32.7 Å². The summed E-state index contributed by atoms with van der Waals surface area (Å²) in [6.07, 6.45) is 0. The molecular formula is C21H32F5Si3Y. The van der Waals surface area contributed by atoms with Crippen LogP contribution in [-0.2, 0) is 32.7 Å². The van der Waals surface area contributed by atoms with Crippen molar-refractivity contribution in [3.8, 4) is 0 Å². The Labute approximate surface area is 206 Å². The zero-order chi connectivity index (χ0) is 23.4. The molecular weight excluding hydrogens is 520 g/mol. The van der Waals surface area contributed by atoms with Gasteiger partial charge < -0.3 is 13.1 Å². The molecule has 0 aliphatic heterocycles. The third-order valence-corrected chi connectivity index (χ3v) is 6.68. The fourth-order valence-corrected chi connectivity index (χ4v) is 4.72. The summed E-state index contributed by atoms with van der Waals surface area (Å²) >= 11 is 0. The number of halogens is 5. The standard InChI is InChI=1S/C13H10F5Si.2C4H11Si.Y/c1-19(2,7-5-3-4-6-7)13-11(17)9(15)8(14)10(16)12(13)18;2*1-5(2,3)4;/h3-6H,1-2H3;2*1H2,2-4H3;/q3*-1;+3. The zero-order valence-corrected chi connectivity index (χ0v) is 25.0. The molecule has 2 rings (SSSR count). The first-order chi connectivity index (χ1) is 12.8. The molecule has 0 radical (unpaired) electrons. The topological polar surface area (TPSA) is 0 Å². The maximum atomic E-state index is 13.8. The SMILES string of the molecule is C[Si](C)(c1c(F)c(F)c(F)c(F)c1F)[c-]1cccc1.[CH2-][Si](C)(C)C.[CH2-][Si](C)(C)C.[Y+3]. The normalized spacial score (nSPS) is 11.6. The summed E-state index contributed by atoms with van der Waals surface area (Å²) in [4.78, 5) is 0. The summed E-state index contributed by atoms with van der Waals surface area (Å²) in [5, 5.41) is -0.0780. The molecule has 0 spiro atoms. The van der Waals surface area contributed by atoms with Crippen molar-refractivity contribution in [1.29, 1.82) is 0 Å². The van der Waals surface area contributed by atoms with Crippen molar-refractivity contribution < 1.29 is 54.7 Å². The summed E-state index contributed by atoms with van der Waals surface area (Å²) in [5.41, 5.74) is 0. The number of rotatable bonds is 2. The zero-order valence-electron chi connectivity index (χ0n) is 19.2. The van der Waals surface area contributed by atoms with E-state index >= 15 is 0 Å². The van der Waals surface area contributed by atoms with Gasteiger partial charge in [-0.05, 0) is 0 Å². The van der Waals surface area contributed by atoms with Gasteiger partial charge in [-0.2, -0.15) is 17.3 Å². The van der Waals surface area contributed by atoms with E-state index in [0.717, 1.165) is 0 Å². The van der Waals surface area contributed by atoms with E-state index < -0.39 is 58.5 Å². The van der Waals surface area contributed by atoms with Gasteiger partial charge in [0.25, 0.3) is 0 Å². The Morgan fingerprint density at radius 3 is 1.10 bits per heavy atom. The van der Waals surface area contributed by atoms with Crippen LogP contribution in [0.3, 0.4) is 0 Å². The van der Waals surface area contributed by atoms with Crippen LogP contribution in [0.2, 0.25) is 52.4 Å². The van der Waals surface area contributed by atoms with E-state index in [1.807, 2.05) is 0 Å². The van der Waals surface area contributed by atoms with E-state index in [0.29, 0.717) is 5.19 Å². The van der Waals surface area contributed by atoms with Crippen molar-refractivity contribution >= 4 is 34.6 Å². The molecule has 166 valence electrons. The fourth-order valence-electron chi connectivity index (χ4n) is 2.09. The van der Waals surface area contributed by atoms with Gasteiger partial charge in [0.1, 0.15) is 0 Å². The van der Waals surface area contributed by atoms with Crippen molar-refractivity contribution in [2.24, 2.45) is 0 Å².